The molecule has 0 amide bonds. The lowest BCUT2D eigenvalue weighted by atomic mass is 10.0. The molecule has 2 saturated heterocycles. The van der Waals surface area contributed by atoms with Crippen LogP contribution in [0.5, 0.6) is 0 Å². The number of hydrogen-bond donors (Lipinski definition) is 0. The second-order valence-corrected chi connectivity index (χ2v) is 7.80. The standard InChI is InChI=1S/C16H20N6S/c1-10-4-17-9-18-15(10)21-5-12-7-22(8-13(12)6-21)16-19-14(20-23-16)11-2-3-11/h4,9,11-13H,2-3,5-8H2,1H3. The molecule has 2 aliphatic heterocycles. The van der Waals surface area contributed by atoms with E-state index in [4.69, 9.17) is 4.98 Å². The van der Waals surface area contributed by atoms with Gasteiger partial charge in [0.2, 0.25) is 5.13 Å². The van der Waals surface area contributed by atoms with E-state index in [1.165, 1.54) is 18.4 Å². The fraction of sp³-hybridized carbons (Fsp3) is 0.625. The molecule has 4 heterocycles. The van der Waals surface area contributed by atoms with Gasteiger partial charge >= 0.3 is 0 Å². The summed E-state index contributed by atoms with van der Waals surface area (Å²) < 4.78 is 4.55. The zero-order valence-corrected chi connectivity index (χ0v) is 14.0. The Bertz CT molecular complexity index is 713. The van der Waals surface area contributed by atoms with Crippen LogP contribution in [-0.4, -0.2) is 45.5 Å². The van der Waals surface area contributed by atoms with Gasteiger partial charge in [0.15, 0.2) is 0 Å². The molecule has 23 heavy (non-hydrogen) atoms. The van der Waals surface area contributed by atoms with Gasteiger partial charge in [-0.2, -0.15) is 4.37 Å². The van der Waals surface area contributed by atoms with E-state index < -0.39 is 0 Å². The first-order valence-corrected chi connectivity index (χ1v) is 9.15. The van der Waals surface area contributed by atoms with Crippen LogP contribution >= 0.6 is 11.5 Å². The lowest BCUT2D eigenvalue weighted by Crippen LogP contribution is -2.29. The van der Waals surface area contributed by atoms with E-state index in [1.807, 2.05) is 6.20 Å². The second-order valence-electron chi connectivity index (χ2n) is 7.07. The van der Waals surface area contributed by atoms with Gasteiger partial charge in [0.25, 0.3) is 0 Å². The van der Waals surface area contributed by atoms with E-state index in [0.717, 1.165) is 43.0 Å². The summed E-state index contributed by atoms with van der Waals surface area (Å²) in [6.07, 6.45) is 6.11. The maximum absolute atomic E-state index is 4.77. The summed E-state index contributed by atoms with van der Waals surface area (Å²) in [6.45, 7) is 6.48. The van der Waals surface area contributed by atoms with Crippen LogP contribution in [0.4, 0.5) is 10.9 Å². The van der Waals surface area contributed by atoms with Gasteiger partial charge in [0.05, 0.1) is 0 Å². The van der Waals surface area contributed by atoms with Crippen LogP contribution in [0.15, 0.2) is 12.5 Å². The number of hydrogen-bond acceptors (Lipinski definition) is 7. The van der Waals surface area contributed by atoms with Crippen molar-refractivity contribution in [1.82, 2.24) is 19.3 Å². The predicted octanol–water partition coefficient (Wildman–Crippen LogP) is 2.09. The number of aromatic nitrogens is 4. The third-order valence-corrected chi connectivity index (χ3v) is 6.09. The van der Waals surface area contributed by atoms with Crippen molar-refractivity contribution in [1.29, 1.82) is 0 Å². The summed E-state index contributed by atoms with van der Waals surface area (Å²) in [5.41, 5.74) is 1.17. The van der Waals surface area contributed by atoms with E-state index >= 15 is 0 Å². The maximum Gasteiger partial charge on any atom is 0.205 e. The Morgan fingerprint density at radius 3 is 2.52 bits per heavy atom. The molecule has 2 aromatic rings. The van der Waals surface area contributed by atoms with Crippen molar-refractivity contribution in [3.8, 4) is 0 Å². The first kappa shape index (κ1) is 13.7. The van der Waals surface area contributed by atoms with Gasteiger partial charge in [-0.1, -0.05) is 0 Å². The van der Waals surface area contributed by atoms with E-state index in [2.05, 4.69) is 31.1 Å². The minimum absolute atomic E-state index is 0.651. The predicted molar refractivity (Wildman–Crippen MR) is 90.1 cm³/mol. The third-order valence-electron chi connectivity index (χ3n) is 5.30. The lowest BCUT2D eigenvalue weighted by Gasteiger charge is -2.22. The van der Waals surface area contributed by atoms with E-state index in [1.54, 1.807) is 17.9 Å². The van der Waals surface area contributed by atoms with Gasteiger partial charge in [-0.15, -0.1) is 0 Å². The largest absolute Gasteiger partial charge is 0.356 e. The topological polar surface area (TPSA) is 58.0 Å². The maximum atomic E-state index is 4.77. The number of rotatable bonds is 3. The van der Waals surface area contributed by atoms with Crippen molar-refractivity contribution < 1.29 is 0 Å². The number of aryl methyl sites for hydroxylation is 1. The number of anilines is 2. The van der Waals surface area contributed by atoms with Gasteiger partial charge in [-0.05, 0) is 19.8 Å². The van der Waals surface area contributed by atoms with Crippen LogP contribution in [0.3, 0.4) is 0 Å². The molecule has 6 nitrogen and oxygen atoms in total. The molecule has 0 radical (unpaired) electrons. The summed E-state index contributed by atoms with van der Waals surface area (Å²) in [6, 6.07) is 0. The molecule has 3 fully saturated rings. The van der Waals surface area contributed by atoms with Crippen molar-refractivity contribution in [2.45, 2.75) is 25.7 Å². The number of nitrogens with zero attached hydrogens (tertiary/aromatic N) is 6. The Balaban J connectivity index is 1.28. The first-order valence-electron chi connectivity index (χ1n) is 8.38. The van der Waals surface area contributed by atoms with Gasteiger partial charge in [0.1, 0.15) is 18.0 Å². The molecule has 1 aliphatic carbocycles. The highest BCUT2D eigenvalue weighted by atomic mass is 32.1. The van der Waals surface area contributed by atoms with E-state index in [9.17, 15) is 0 Å². The quantitative estimate of drug-likeness (QED) is 0.860. The summed E-state index contributed by atoms with van der Waals surface area (Å²) in [5, 5.41) is 1.13. The smallest absolute Gasteiger partial charge is 0.205 e. The molecular weight excluding hydrogens is 308 g/mol. The van der Waals surface area contributed by atoms with Crippen LogP contribution < -0.4 is 9.80 Å². The monoisotopic (exact) mass is 328 g/mol. The van der Waals surface area contributed by atoms with Crippen LogP contribution in [0.2, 0.25) is 0 Å². The van der Waals surface area contributed by atoms with E-state index in [-0.39, 0.29) is 0 Å². The van der Waals surface area contributed by atoms with Crippen molar-refractivity contribution in [2.24, 2.45) is 11.8 Å². The fourth-order valence-corrected chi connectivity index (χ4v) is 4.67. The highest BCUT2D eigenvalue weighted by Gasteiger charge is 2.42. The molecular formula is C16H20N6S. The van der Waals surface area contributed by atoms with Crippen LogP contribution in [0, 0.1) is 18.8 Å². The molecule has 120 valence electrons. The van der Waals surface area contributed by atoms with Crippen LogP contribution in [0.1, 0.15) is 30.1 Å². The molecule has 1 saturated carbocycles. The minimum Gasteiger partial charge on any atom is -0.356 e. The van der Waals surface area contributed by atoms with Crippen molar-refractivity contribution in [3.05, 3.63) is 23.9 Å². The third kappa shape index (κ3) is 2.38. The average Bonchev–Trinajstić information content (AvgIpc) is 2.97. The van der Waals surface area contributed by atoms with Crippen molar-refractivity contribution >= 4 is 22.5 Å². The van der Waals surface area contributed by atoms with Crippen molar-refractivity contribution in [3.63, 3.8) is 0 Å². The fourth-order valence-electron chi connectivity index (χ4n) is 3.91. The molecule has 2 unspecified atom stereocenters. The summed E-state index contributed by atoms with van der Waals surface area (Å²) in [7, 11) is 0. The van der Waals surface area contributed by atoms with Gasteiger partial charge in [0, 0.05) is 67.2 Å². The molecule has 0 spiro atoms. The first-order chi connectivity index (χ1) is 11.3. The number of fused-ring (bicyclic) bond motifs is 1. The van der Waals surface area contributed by atoms with Crippen molar-refractivity contribution in [2.75, 3.05) is 36.0 Å². The Morgan fingerprint density at radius 1 is 1.09 bits per heavy atom. The Labute approximate surface area is 139 Å². The van der Waals surface area contributed by atoms with Crippen LogP contribution in [0.25, 0.3) is 0 Å². The zero-order valence-electron chi connectivity index (χ0n) is 13.2. The highest BCUT2D eigenvalue weighted by Crippen LogP contribution is 2.41. The molecule has 2 aromatic heterocycles. The molecule has 5 rings (SSSR count). The average molecular weight is 328 g/mol. The molecule has 0 aromatic carbocycles. The van der Waals surface area contributed by atoms with Gasteiger partial charge in [-0.25, -0.2) is 15.0 Å². The SMILES string of the molecule is Cc1cncnc1N1CC2CN(c3nc(C4CC4)ns3)CC2C1. The van der Waals surface area contributed by atoms with E-state index in [0.29, 0.717) is 17.8 Å². The van der Waals surface area contributed by atoms with Gasteiger partial charge < -0.3 is 9.80 Å². The van der Waals surface area contributed by atoms with Crippen LogP contribution in [-0.2, 0) is 0 Å². The Kier molecular flexibility index (Phi) is 3.04. The second kappa shape index (κ2) is 5.12. The molecule has 3 aliphatic rings. The lowest BCUT2D eigenvalue weighted by molar-refractivity contribution is 0.533. The minimum atomic E-state index is 0.651. The molecule has 0 bridgehead atoms. The molecule has 0 N–H and O–H groups in total. The Hall–Kier alpha value is -1.76. The summed E-state index contributed by atoms with van der Waals surface area (Å²) >= 11 is 1.58. The summed E-state index contributed by atoms with van der Waals surface area (Å²) in [4.78, 5) is 18.2. The molecule has 2 atom stereocenters. The van der Waals surface area contributed by atoms with Gasteiger partial charge in [-0.3, -0.25) is 0 Å². The highest BCUT2D eigenvalue weighted by molar-refractivity contribution is 7.09. The molecule has 7 heteroatoms. The Morgan fingerprint density at radius 2 is 1.83 bits per heavy atom. The summed E-state index contributed by atoms with van der Waals surface area (Å²) in [5.74, 6) is 4.25. The zero-order chi connectivity index (χ0) is 15.4. The normalized spacial score (nSPS) is 26.8.